The van der Waals surface area contributed by atoms with Crippen LogP contribution in [0.4, 0.5) is 19.0 Å². The van der Waals surface area contributed by atoms with E-state index in [4.69, 9.17) is 0 Å². The van der Waals surface area contributed by atoms with Crippen molar-refractivity contribution in [3.63, 3.8) is 0 Å². The highest BCUT2D eigenvalue weighted by Crippen LogP contribution is 2.31. The van der Waals surface area contributed by atoms with Gasteiger partial charge in [-0.25, -0.2) is 9.99 Å². The number of hydrogen-bond acceptors (Lipinski definition) is 3. The fraction of sp³-hybridized carbons (Fsp3) is 0.231. The van der Waals surface area contributed by atoms with Crippen molar-refractivity contribution in [2.24, 2.45) is 0 Å². The van der Waals surface area contributed by atoms with E-state index in [-0.39, 0.29) is 11.7 Å². The fourth-order valence-corrected chi connectivity index (χ4v) is 1.74. The highest BCUT2D eigenvalue weighted by atomic mass is 19.4. The third kappa shape index (κ3) is 2.38. The molecule has 1 N–H and O–H groups in total. The molecule has 1 amide bonds. The van der Waals surface area contributed by atoms with Crippen LogP contribution in [-0.2, 0) is 11.0 Å². The lowest BCUT2D eigenvalue weighted by Gasteiger charge is -2.20. The summed E-state index contributed by atoms with van der Waals surface area (Å²) in [6, 6.07) is 1.70. The summed E-state index contributed by atoms with van der Waals surface area (Å²) in [6.07, 6.45) is -3.43. The van der Waals surface area contributed by atoms with Crippen LogP contribution in [0.1, 0.15) is 19.4 Å². The van der Waals surface area contributed by atoms with E-state index in [9.17, 15) is 18.0 Å². The highest BCUT2D eigenvalue weighted by Gasteiger charge is 2.32. The maximum atomic E-state index is 12.6. The fourth-order valence-electron chi connectivity index (χ4n) is 1.74. The molecule has 1 aromatic rings. The molecule has 0 saturated carbocycles. The lowest BCUT2D eigenvalue weighted by Crippen LogP contribution is -2.31. The van der Waals surface area contributed by atoms with Gasteiger partial charge in [0.2, 0.25) is 0 Å². The number of allylic oxidation sites excluding steroid dienone is 1. The van der Waals surface area contributed by atoms with E-state index in [0.29, 0.717) is 16.8 Å². The Labute approximate surface area is 113 Å². The molecule has 0 spiro atoms. The summed E-state index contributed by atoms with van der Waals surface area (Å²) in [5.74, 6) is -0.427. The number of hydrogen-bond donors (Lipinski definition) is 1. The SMILES string of the molecule is C=C1C(C)=C(C)C(=O)N1Nc1cc(C(F)(F)F)ccn1. The van der Waals surface area contributed by atoms with E-state index in [1.165, 1.54) is 0 Å². The summed E-state index contributed by atoms with van der Waals surface area (Å²) in [6.45, 7) is 7.07. The number of carbonyl (C=O) groups excluding carboxylic acids is 1. The number of rotatable bonds is 2. The van der Waals surface area contributed by atoms with Gasteiger partial charge in [0.25, 0.3) is 5.91 Å². The van der Waals surface area contributed by atoms with E-state index in [0.717, 1.165) is 23.3 Å². The summed E-state index contributed by atoms with van der Waals surface area (Å²) in [7, 11) is 0. The predicted octanol–water partition coefficient (Wildman–Crippen LogP) is 3.12. The van der Waals surface area contributed by atoms with Crippen LogP contribution in [0, 0.1) is 0 Å². The smallest absolute Gasteiger partial charge is 0.274 e. The first-order valence-corrected chi connectivity index (χ1v) is 5.73. The number of hydrazine groups is 1. The molecule has 7 heteroatoms. The summed E-state index contributed by atoms with van der Waals surface area (Å²) >= 11 is 0. The van der Waals surface area contributed by atoms with Gasteiger partial charge in [0.1, 0.15) is 5.82 Å². The molecule has 0 atom stereocenters. The summed E-state index contributed by atoms with van der Waals surface area (Å²) in [4.78, 5) is 15.7. The molecule has 1 aromatic heterocycles. The Balaban J connectivity index is 2.25. The Kier molecular flexibility index (Phi) is 3.29. The van der Waals surface area contributed by atoms with E-state index in [1.54, 1.807) is 13.8 Å². The summed E-state index contributed by atoms with van der Waals surface area (Å²) in [5, 5.41) is 1.09. The Morgan fingerprint density at radius 1 is 1.30 bits per heavy atom. The zero-order chi connectivity index (χ0) is 15.1. The second kappa shape index (κ2) is 4.66. The van der Waals surface area contributed by atoms with Crippen molar-refractivity contribution < 1.29 is 18.0 Å². The molecule has 20 heavy (non-hydrogen) atoms. The second-order valence-electron chi connectivity index (χ2n) is 4.38. The number of carbonyl (C=O) groups is 1. The van der Waals surface area contributed by atoms with Gasteiger partial charge in [-0.3, -0.25) is 10.2 Å². The van der Waals surface area contributed by atoms with Gasteiger partial charge >= 0.3 is 6.18 Å². The number of nitrogens with one attached hydrogen (secondary N) is 1. The van der Waals surface area contributed by atoms with Crippen molar-refractivity contribution in [1.29, 1.82) is 0 Å². The van der Waals surface area contributed by atoms with Crippen LogP contribution >= 0.6 is 0 Å². The minimum Gasteiger partial charge on any atom is -0.274 e. The maximum Gasteiger partial charge on any atom is 0.416 e. The van der Waals surface area contributed by atoms with Crippen LogP contribution in [0.5, 0.6) is 0 Å². The minimum atomic E-state index is -4.46. The molecule has 2 heterocycles. The maximum absolute atomic E-state index is 12.6. The first-order chi connectivity index (χ1) is 9.21. The molecule has 0 bridgehead atoms. The van der Waals surface area contributed by atoms with Gasteiger partial charge in [-0.05, 0) is 31.6 Å². The molecule has 0 fully saturated rings. The number of alkyl halides is 3. The average molecular weight is 283 g/mol. The molecular formula is C13H12F3N3O. The van der Waals surface area contributed by atoms with Crippen molar-refractivity contribution in [3.8, 4) is 0 Å². The van der Waals surface area contributed by atoms with Crippen LogP contribution in [0.2, 0.25) is 0 Å². The molecular weight excluding hydrogens is 271 g/mol. The molecule has 0 aliphatic carbocycles. The first kappa shape index (κ1) is 14.1. The van der Waals surface area contributed by atoms with Crippen LogP contribution in [0.25, 0.3) is 0 Å². The molecule has 106 valence electrons. The lowest BCUT2D eigenvalue weighted by molar-refractivity contribution is -0.137. The molecule has 0 radical (unpaired) electrons. The van der Waals surface area contributed by atoms with Gasteiger partial charge in [0, 0.05) is 11.8 Å². The van der Waals surface area contributed by atoms with Gasteiger partial charge in [0.05, 0.1) is 11.3 Å². The van der Waals surface area contributed by atoms with Gasteiger partial charge in [-0.15, -0.1) is 0 Å². The van der Waals surface area contributed by atoms with Gasteiger partial charge < -0.3 is 0 Å². The molecule has 0 aromatic carbocycles. The Morgan fingerprint density at radius 2 is 1.95 bits per heavy atom. The number of amides is 1. The van der Waals surface area contributed by atoms with Crippen LogP contribution in [-0.4, -0.2) is 15.9 Å². The Morgan fingerprint density at radius 3 is 2.45 bits per heavy atom. The topological polar surface area (TPSA) is 45.2 Å². The Bertz CT molecular complexity index is 596. The highest BCUT2D eigenvalue weighted by molar-refractivity contribution is 6.00. The van der Waals surface area contributed by atoms with Crippen molar-refractivity contribution in [1.82, 2.24) is 9.99 Å². The average Bonchev–Trinajstić information content (AvgIpc) is 2.56. The number of anilines is 1. The van der Waals surface area contributed by atoms with Crippen LogP contribution < -0.4 is 5.43 Å². The summed E-state index contributed by atoms with van der Waals surface area (Å²) < 4.78 is 37.8. The van der Waals surface area contributed by atoms with Gasteiger partial charge in [-0.2, -0.15) is 13.2 Å². The van der Waals surface area contributed by atoms with Crippen molar-refractivity contribution in [3.05, 3.63) is 47.3 Å². The summed E-state index contributed by atoms with van der Waals surface area (Å²) in [5.41, 5.74) is 3.29. The van der Waals surface area contributed by atoms with E-state index in [2.05, 4.69) is 17.0 Å². The van der Waals surface area contributed by atoms with Crippen molar-refractivity contribution in [2.45, 2.75) is 20.0 Å². The Hall–Kier alpha value is -2.31. The zero-order valence-electron chi connectivity index (χ0n) is 10.9. The number of nitrogens with zero attached hydrogens (tertiary/aromatic N) is 2. The van der Waals surface area contributed by atoms with Gasteiger partial charge in [-0.1, -0.05) is 6.58 Å². The molecule has 0 unspecified atom stereocenters. The first-order valence-electron chi connectivity index (χ1n) is 5.73. The van der Waals surface area contributed by atoms with Crippen LogP contribution in [0.15, 0.2) is 41.8 Å². The second-order valence-corrected chi connectivity index (χ2v) is 4.38. The predicted molar refractivity (Wildman–Crippen MR) is 67.2 cm³/mol. The largest absolute Gasteiger partial charge is 0.416 e. The molecule has 2 rings (SSSR count). The van der Waals surface area contributed by atoms with Gasteiger partial charge in [0.15, 0.2) is 0 Å². The number of aromatic nitrogens is 1. The number of halogens is 3. The standard InChI is InChI=1S/C13H12F3N3O/c1-7-8(2)12(20)19(9(7)3)18-11-6-10(4-5-17-11)13(14,15)16/h4-6H,3H2,1-2H3,(H,17,18). The lowest BCUT2D eigenvalue weighted by atomic mass is 10.2. The minimum absolute atomic E-state index is 0.0724. The van der Waals surface area contributed by atoms with Crippen molar-refractivity contribution in [2.75, 3.05) is 5.43 Å². The molecule has 1 aliphatic rings. The van der Waals surface area contributed by atoms with E-state index in [1.807, 2.05) is 0 Å². The van der Waals surface area contributed by atoms with E-state index < -0.39 is 11.7 Å². The quantitative estimate of drug-likeness (QED) is 0.907. The van der Waals surface area contributed by atoms with E-state index >= 15 is 0 Å². The van der Waals surface area contributed by atoms with Crippen molar-refractivity contribution >= 4 is 11.7 Å². The normalized spacial score (nSPS) is 16.1. The third-order valence-corrected chi connectivity index (χ3v) is 3.10. The number of pyridine rings is 1. The zero-order valence-corrected chi connectivity index (χ0v) is 10.9. The van der Waals surface area contributed by atoms with Crippen LogP contribution in [0.3, 0.4) is 0 Å². The molecule has 4 nitrogen and oxygen atoms in total. The monoisotopic (exact) mass is 283 g/mol. The molecule has 1 aliphatic heterocycles. The molecule has 0 saturated heterocycles. The third-order valence-electron chi connectivity index (χ3n) is 3.10.